The Bertz CT molecular complexity index is 1280. The summed E-state index contributed by atoms with van der Waals surface area (Å²) in [5.74, 6) is 4.50. The van der Waals surface area contributed by atoms with Gasteiger partial charge in [0.25, 0.3) is 0 Å². The van der Waals surface area contributed by atoms with Crippen LogP contribution in [0.15, 0.2) is 11.6 Å². The molecule has 0 spiro atoms. The van der Waals surface area contributed by atoms with Crippen LogP contribution >= 0.6 is 0 Å². The van der Waals surface area contributed by atoms with Gasteiger partial charge in [-0.15, -0.1) is 0 Å². The topological polar surface area (TPSA) is 39.3 Å². The number of hydrogen-bond acceptors (Lipinski definition) is 6. The summed E-state index contributed by atoms with van der Waals surface area (Å²) in [6.07, 6.45) is 26.3. The molecule has 306 valence electrons. The van der Waals surface area contributed by atoms with Gasteiger partial charge < -0.3 is 14.4 Å². The Kier molecular flexibility index (Phi) is 12.5. The van der Waals surface area contributed by atoms with Crippen molar-refractivity contribution in [3.63, 3.8) is 0 Å². The average molecular weight is 747 g/mol. The number of fused-ring (bicyclic) bond motifs is 2. The van der Waals surface area contributed by atoms with Gasteiger partial charge in [0, 0.05) is 75.1 Å². The van der Waals surface area contributed by atoms with E-state index in [9.17, 15) is 4.79 Å². The third-order valence-electron chi connectivity index (χ3n) is 18.2. The van der Waals surface area contributed by atoms with E-state index >= 15 is 0 Å². The van der Waals surface area contributed by atoms with E-state index in [1.807, 2.05) is 0 Å². The molecule has 0 radical (unpaired) electrons. The van der Waals surface area contributed by atoms with E-state index < -0.39 is 0 Å². The molecule has 5 aliphatic carbocycles. The fourth-order valence-corrected chi connectivity index (χ4v) is 15.3. The first-order chi connectivity index (χ1) is 26.2. The number of ether oxygens (including phenoxy) is 1. The van der Waals surface area contributed by atoms with Crippen molar-refractivity contribution in [3.8, 4) is 0 Å². The molecule has 0 aromatic heterocycles. The zero-order chi connectivity index (χ0) is 37.5. The molecule has 4 bridgehead atoms. The lowest BCUT2D eigenvalue weighted by atomic mass is 9.42. The van der Waals surface area contributed by atoms with Crippen LogP contribution in [0.2, 0.25) is 0 Å². The molecular weight excluding hydrogens is 665 g/mol. The number of aldehydes is 1. The highest BCUT2D eigenvalue weighted by Gasteiger charge is 2.81. The van der Waals surface area contributed by atoms with Gasteiger partial charge in [0.15, 0.2) is 0 Å². The summed E-state index contributed by atoms with van der Waals surface area (Å²) >= 11 is 0. The van der Waals surface area contributed by atoms with E-state index in [0.717, 1.165) is 24.8 Å². The first kappa shape index (κ1) is 40.0. The first-order valence-corrected chi connectivity index (χ1v) is 24.0. The number of piperidine rings is 1. The number of nitrogens with zero attached hydrogens (tertiary/aromatic N) is 4. The van der Waals surface area contributed by atoms with Crippen LogP contribution in [-0.2, 0) is 9.53 Å². The van der Waals surface area contributed by atoms with Gasteiger partial charge in [-0.25, -0.2) is 0 Å². The minimum Gasteiger partial charge on any atom is -0.373 e. The van der Waals surface area contributed by atoms with Gasteiger partial charge >= 0.3 is 0 Å². The Morgan fingerprint density at radius 1 is 0.870 bits per heavy atom. The highest BCUT2D eigenvalue weighted by molar-refractivity contribution is 5.69. The number of piperazine rings is 1. The quantitative estimate of drug-likeness (QED) is 0.0843. The fraction of sp³-hybridized carbons (Fsp3) is 0.938. The maximum atomic E-state index is 13.8. The van der Waals surface area contributed by atoms with Gasteiger partial charge in [-0.3, -0.25) is 14.7 Å². The molecule has 3 saturated heterocycles. The summed E-state index contributed by atoms with van der Waals surface area (Å²) in [6.45, 7) is 27.1. The van der Waals surface area contributed by atoms with Gasteiger partial charge in [0.05, 0.1) is 12.2 Å². The third kappa shape index (κ3) is 7.06. The van der Waals surface area contributed by atoms with Gasteiger partial charge in [-0.05, 0) is 112 Å². The van der Waals surface area contributed by atoms with Crippen molar-refractivity contribution in [3.05, 3.63) is 11.6 Å². The van der Waals surface area contributed by atoms with Crippen molar-refractivity contribution in [1.82, 2.24) is 19.6 Å². The lowest BCUT2D eigenvalue weighted by molar-refractivity contribution is -0.168. The largest absolute Gasteiger partial charge is 0.373 e. The summed E-state index contributed by atoms with van der Waals surface area (Å²) in [6, 6.07) is 0. The molecule has 3 aliphatic heterocycles. The maximum absolute atomic E-state index is 13.8. The second-order valence-corrected chi connectivity index (χ2v) is 21.1. The fourth-order valence-electron chi connectivity index (χ4n) is 15.3. The van der Waals surface area contributed by atoms with Crippen LogP contribution < -0.4 is 0 Å². The summed E-state index contributed by atoms with van der Waals surface area (Å²) in [5.41, 5.74) is 1.43. The molecule has 7 fully saturated rings. The van der Waals surface area contributed by atoms with Crippen molar-refractivity contribution >= 4 is 6.29 Å². The molecule has 54 heavy (non-hydrogen) atoms. The van der Waals surface area contributed by atoms with Crippen LogP contribution in [0.3, 0.4) is 0 Å². The molecule has 3 unspecified atom stereocenters. The molecule has 4 saturated carbocycles. The molecule has 0 aromatic carbocycles. The monoisotopic (exact) mass is 747 g/mol. The Hall–Kier alpha value is -0.790. The van der Waals surface area contributed by atoms with Crippen molar-refractivity contribution in [2.75, 3.05) is 78.5 Å². The first-order valence-electron chi connectivity index (χ1n) is 24.0. The number of carbonyl (C=O) groups is 1. The van der Waals surface area contributed by atoms with Crippen molar-refractivity contribution in [2.45, 2.75) is 150 Å². The van der Waals surface area contributed by atoms with Crippen LogP contribution in [0.1, 0.15) is 137 Å². The predicted molar refractivity (Wildman–Crippen MR) is 223 cm³/mol. The van der Waals surface area contributed by atoms with E-state index in [2.05, 4.69) is 60.3 Å². The van der Waals surface area contributed by atoms with Crippen molar-refractivity contribution < 1.29 is 9.53 Å². The predicted octanol–water partition coefficient (Wildman–Crippen LogP) is 8.80. The molecule has 0 aromatic rings. The van der Waals surface area contributed by atoms with Gasteiger partial charge in [0.2, 0.25) is 0 Å². The molecular formula is C48H82N4O2. The maximum Gasteiger partial charge on any atom is 0.127 e. The summed E-state index contributed by atoms with van der Waals surface area (Å²) < 4.78 is 7.80. The SMILES string of the molecule is CCCCCN(CCN1CCN(CCN2CCCCC2)CC1)C[C@@H]1O[C@@H](C23C[C@@H]4[C@H](C)CC[C@H]4C4(C=O)CC2C=C(C(C)C)[C@]43C)C[C@H]1CC1CCCC1. The van der Waals surface area contributed by atoms with E-state index in [4.69, 9.17) is 4.74 Å². The van der Waals surface area contributed by atoms with Crippen LogP contribution in [0.5, 0.6) is 0 Å². The number of likely N-dealkylation sites (tertiary alicyclic amines) is 1. The van der Waals surface area contributed by atoms with Crippen molar-refractivity contribution in [1.29, 1.82) is 0 Å². The number of unbranched alkanes of at least 4 members (excludes halogenated alkanes) is 2. The molecule has 0 amide bonds. The van der Waals surface area contributed by atoms with Crippen LogP contribution in [0, 0.1) is 57.7 Å². The van der Waals surface area contributed by atoms with E-state index in [0.29, 0.717) is 35.7 Å². The summed E-state index contributed by atoms with van der Waals surface area (Å²) in [5, 5.41) is 0. The third-order valence-corrected chi connectivity index (χ3v) is 18.2. The Morgan fingerprint density at radius 3 is 2.26 bits per heavy atom. The Morgan fingerprint density at radius 2 is 1.57 bits per heavy atom. The summed E-state index contributed by atoms with van der Waals surface area (Å²) in [7, 11) is 0. The van der Waals surface area contributed by atoms with Gasteiger partial charge in [-0.2, -0.15) is 0 Å². The van der Waals surface area contributed by atoms with E-state index in [1.54, 1.807) is 11.9 Å². The van der Waals surface area contributed by atoms with Crippen LogP contribution in [0.25, 0.3) is 0 Å². The van der Waals surface area contributed by atoms with E-state index in [-0.39, 0.29) is 22.3 Å². The molecule has 0 N–H and O–H groups in total. The second kappa shape index (κ2) is 16.8. The Labute approximate surface area is 331 Å². The Balaban J connectivity index is 0.980. The number of rotatable bonds is 17. The lowest BCUT2D eigenvalue weighted by Crippen LogP contribution is -2.60. The normalized spacial score (nSPS) is 41.8. The van der Waals surface area contributed by atoms with Crippen LogP contribution in [0.4, 0.5) is 0 Å². The highest BCUT2D eigenvalue weighted by Crippen LogP contribution is 2.84. The number of allylic oxidation sites excluding steroid dienone is 2. The molecule has 6 heteroatoms. The zero-order valence-electron chi connectivity index (χ0n) is 35.8. The molecule has 3 heterocycles. The highest BCUT2D eigenvalue weighted by atomic mass is 16.5. The van der Waals surface area contributed by atoms with Crippen molar-refractivity contribution in [2.24, 2.45) is 57.7 Å². The minimum atomic E-state index is -0.203. The smallest absolute Gasteiger partial charge is 0.127 e. The molecule has 8 rings (SSSR count). The minimum absolute atomic E-state index is 0.0694. The van der Waals surface area contributed by atoms with Crippen LogP contribution in [-0.4, -0.2) is 117 Å². The number of carbonyl (C=O) groups excluding carboxylic acids is 1. The summed E-state index contributed by atoms with van der Waals surface area (Å²) in [4.78, 5) is 24.8. The lowest BCUT2D eigenvalue weighted by Gasteiger charge is -2.61. The molecule has 6 nitrogen and oxygen atoms in total. The van der Waals surface area contributed by atoms with E-state index in [1.165, 1.54) is 168 Å². The number of hydrogen-bond donors (Lipinski definition) is 0. The van der Waals surface area contributed by atoms with Gasteiger partial charge in [-0.1, -0.05) is 97.6 Å². The molecule has 10 atom stereocenters. The molecule has 8 aliphatic rings. The second-order valence-electron chi connectivity index (χ2n) is 21.1. The zero-order valence-corrected chi connectivity index (χ0v) is 35.8. The van der Waals surface area contributed by atoms with Gasteiger partial charge in [0.1, 0.15) is 6.29 Å². The average Bonchev–Trinajstić information content (AvgIpc) is 3.99. The standard InChI is InChI=1S/C48H82N4O2/c1-6-7-11-20-52(28-27-51-25-23-50(24-26-51)22-21-49-18-12-8-13-19-49)34-44-39(29-38-14-9-10-15-38)30-45(54-44)48-33-41-37(4)16-17-42(41)47(35-53)32-40(48)31-43(36(2)3)46(47,48)5/h31,35-42,44-45H,6-30,32-34H2,1-5H3/t37-,39-,40?,41-,42-,44+,45-,46-,47?,48?/m1/s1.